The molecule has 2 atom stereocenters. The number of nitrogens with one attached hydrogen (secondary N) is 1. The molecule has 3 rings (SSSR count). The van der Waals surface area contributed by atoms with E-state index in [-0.39, 0.29) is 11.9 Å². The Hall–Kier alpha value is -3.45. The summed E-state index contributed by atoms with van der Waals surface area (Å²) in [6.45, 7) is 5.56. The minimum absolute atomic E-state index is 0.226. The number of amides is 1. The Morgan fingerprint density at radius 3 is 2.61 bits per heavy atom. The number of hydrogen-bond acceptors (Lipinski definition) is 6. The topological polar surface area (TPSA) is 94.3 Å². The molecule has 0 aliphatic rings. The molecule has 3 aromatic rings. The molecule has 6 nitrogen and oxygen atoms in total. The normalized spacial score (nSPS) is 12.6. The number of aromatic nitrogens is 1. The number of nitrogens with zero attached hydrogens (tertiary/aromatic N) is 1. The highest BCUT2D eigenvalue weighted by atomic mass is 32.1. The molecule has 0 aliphatic heterocycles. The first-order valence-corrected chi connectivity index (χ1v) is 10.6. The number of methoxy groups -OCH3 is 1. The molecule has 0 saturated carbocycles. The molecule has 7 heteroatoms. The standard InChI is InChI=1S/C24H25N3O3S/c1-15(25)19-6-4-5-17(13-19)14-20(24(29)30-3)16(2)27-23(28)22-8-7-21(31-22)18-9-11-26-12-10-18/h4-13,16,20H,1,14,25H2,2-3H3,(H,27,28). The highest BCUT2D eigenvalue weighted by molar-refractivity contribution is 7.17. The highest BCUT2D eigenvalue weighted by Crippen LogP contribution is 2.28. The quantitative estimate of drug-likeness (QED) is 0.524. The van der Waals surface area contributed by atoms with Crippen LogP contribution in [0.4, 0.5) is 0 Å². The molecule has 2 heterocycles. The van der Waals surface area contributed by atoms with Gasteiger partial charge in [-0.1, -0.05) is 24.8 Å². The molecule has 0 aliphatic carbocycles. The SMILES string of the molecule is C=C(N)c1cccc(CC(C(=O)OC)C(C)NC(=O)c2ccc(-c3ccncc3)s2)c1. The molecule has 0 bridgehead atoms. The molecular formula is C24H25N3O3S. The van der Waals surface area contributed by atoms with Gasteiger partial charge in [-0.25, -0.2) is 0 Å². The van der Waals surface area contributed by atoms with Crippen molar-refractivity contribution in [1.29, 1.82) is 0 Å². The molecule has 1 amide bonds. The Kier molecular flexibility index (Phi) is 7.20. The zero-order valence-corrected chi connectivity index (χ0v) is 18.3. The van der Waals surface area contributed by atoms with E-state index >= 15 is 0 Å². The number of nitrogens with two attached hydrogens (primary N) is 1. The smallest absolute Gasteiger partial charge is 0.311 e. The largest absolute Gasteiger partial charge is 0.469 e. The molecule has 0 fully saturated rings. The third-order valence-electron chi connectivity index (χ3n) is 5.01. The third kappa shape index (κ3) is 5.58. The highest BCUT2D eigenvalue weighted by Gasteiger charge is 2.28. The van der Waals surface area contributed by atoms with Crippen molar-refractivity contribution in [3.63, 3.8) is 0 Å². The van der Waals surface area contributed by atoms with Gasteiger partial charge in [-0.3, -0.25) is 14.6 Å². The number of pyridine rings is 1. The summed E-state index contributed by atoms with van der Waals surface area (Å²) in [6, 6.07) is 14.6. The van der Waals surface area contributed by atoms with Gasteiger partial charge in [0.1, 0.15) is 0 Å². The average molecular weight is 436 g/mol. The van der Waals surface area contributed by atoms with Gasteiger partial charge in [0.05, 0.1) is 17.9 Å². The number of rotatable bonds is 8. The molecule has 2 aromatic heterocycles. The van der Waals surface area contributed by atoms with Gasteiger partial charge in [-0.2, -0.15) is 0 Å². The number of hydrogen-bond donors (Lipinski definition) is 2. The van der Waals surface area contributed by atoms with Crippen LogP contribution in [0.15, 0.2) is 67.5 Å². The Morgan fingerprint density at radius 1 is 1.19 bits per heavy atom. The van der Waals surface area contributed by atoms with Crippen LogP contribution >= 0.6 is 11.3 Å². The lowest BCUT2D eigenvalue weighted by atomic mass is 9.92. The van der Waals surface area contributed by atoms with Gasteiger partial charge in [0, 0.05) is 29.0 Å². The van der Waals surface area contributed by atoms with Crippen molar-refractivity contribution in [2.24, 2.45) is 11.7 Å². The van der Waals surface area contributed by atoms with Crippen LogP contribution in [0.2, 0.25) is 0 Å². The lowest BCUT2D eigenvalue weighted by Gasteiger charge is -2.23. The van der Waals surface area contributed by atoms with Gasteiger partial charge >= 0.3 is 5.97 Å². The van der Waals surface area contributed by atoms with E-state index in [1.807, 2.05) is 49.4 Å². The summed E-state index contributed by atoms with van der Waals surface area (Å²) >= 11 is 1.39. The van der Waals surface area contributed by atoms with E-state index in [1.165, 1.54) is 18.4 Å². The number of thiophene rings is 1. The van der Waals surface area contributed by atoms with Crippen LogP contribution in [0, 0.1) is 5.92 Å². The minimum Gasteiger partial charge on any atom is -0.469 e. The fourth-order valence-electron chi connectivity index (χ4n) is 3.28. The van der Waals surface area contributed by atoms with Gasteiger partial charge in [0.15, 0.2) is 0 Å². The van der Waals surface area contributed by atoms with Crippen molar-refractivity contribution in [2.45, 2.75) is 19.4 Å². The fraction of sp³-hybridized carbons (Fsp3) is 0.208. The summed E-state index contributed by atoms with van der Waals surface area (Å²) in [5.74, 6) is -1.15. The lowest BCUT2D eigenvalue weighted by Crippen LogP contribution is -2.42. The summed E-state index contributed by atoms with van der Waals surface area (Å²) in [6.07, 6.45) is 3.83. The molecule has 1 aromatic carbocycles. The van der Waals surface area contributed by atoms with Gasteiger partial charge in [0.2, 0.25) is 0 Å². The predicted octanol–water partition coefficient (Wildman–Crippen LogP) is 3.89. The summed E-state index contributed by atoms with van der Waals surface area (Å²) in [7, 11) is 1.35. The van der Waals surface area contributed by atoms with Crippen molar-refractivity contribution >= 4 is 28.9 Å². The number of benzene rings is 1. The molecule has 0 saturated heterocycles. The van der Waals surface area contributed by atoms with Gasteiger partial charge < -0.3 is 15.8 Å². The second kappa shape index (κ2) is 10.0. The summed E-state index contributed by atoms with van der Waals surface area (Å²) in [5.41, 5.74) is 8.97. The maximum Gasteiger partial charge on any atom is 0.311 e. The van der Waals surface area contributed by atoms with Gasteiger partial charge in [-0.15, -0.1) is 11.3 Å². The molecule has 160 valence electrons. The zero-order chi connectivity index (χ0) is 22.4. The second-order valence-electron chi connectivity index (χ2n) is 7.22. The average Bonchev–Trinajstić information content (AvgIpc) is 3.28. The number of carbonyl (C=O) groups excluding carboxylic acids is 2. The van der Waals surface area contributed by atoms with Crippen LogP contribution in [0.25, 0.3) is 16.1 Å². The van der Waals surface area contributed by atoms with E-state index in [9.17, 15) is 9.59 Å². The lowest BCUT2D eigenvalue weighted by molar-refractivity contribution is -0.146. The first-order valence-electron chi connectivity index (χ1n) is 9.81. The maximum absolute atomic E-state index is 12.8. The number of ether oxygens (including phenoxy) is 1. The van der Waals surface area contributed by atoms with E-state index in [0.717, 1.165) is 21.6 Å². The minimum atomic E-state index is -0.546. The summed E-state index contributed by atoms with van der Waals surface area (Å²) in [5, 5.41) is 2.95. The Balaban J connectivity index is 1.73. The second-order valence-corrected chi connectivity index (χ2v) is 8.31. The van der Waals surface area contributed by atoms with Crippen molar-refractivity contribution in [1.82, 2.24) is 10.3 Å². The van der Waals surface area contributed by atoms with E-state index in [0.29, 0.717) is 17.0 Å². The Labute approximate surface area is 185 Å². The third-order valence-corrected chi connectivity index (χ3v) is 6.15. The van der Waals surface area contributed by atoms with Crippen LogP contribution in [0.3, 0.4) is 0 Å². The van der Waals surface area contributed by atoms with Gasteiger partial charge in [0.25, 0.3) is 5.91 Å². The van der Waals surface area contributed by atoms with E-state index < -0.39 is 12.0 Å². The van der Waals surface area contributed by atoms with Crippen LogP contribution in [0.5, 0.6) is 0 Å². The van der Waals surface area contributed by atoms with E-state index in [2.05, 4.69) is 16.9 Å². The summed E-state index contributed by atoms with van der Waals surface area (Å²) in [4.78, 5) is 30.8. The molecule has 2 unspecified atom stereocenters. The molecule has 0 spiro atoms. The van der Waals surface area contributed by atoms with E-state index in [1.54, 1.807) is 18.5 Å². The van der Waals surface area contributed by atoms with Crippen LogP contribution in [-0.4, -0.2) is 30.0 Å². The van der Waals surface area contributed by atoms with Gasteiger partial charge in [-0.05, 0) is 60.4 Å². The fourth-order valence-corrected chi connectivity index (χ4v) is 4.19. The first kappa shape index (κ1) is 22.2. The first-order chi connectivity index (χ1) is 14.9. The van der Waals surface area contributed by atoms with Crippen LogP contribution in [0.1, 0.15) is 27.7 Å². The number of esters is 1. The molecular weight excluding hydrogens is 410 g/mol. The predicted molar refractivity (Wildman–Crippen MR) is 123 cm³/mol. The molecule has 0 radical (unpaired) electrons. The number of carbonyl (C=O) groups is 2. The van der Waals surface area contributed by atoms with Crippen molar-refractivity contribution < 1.29 is 14.3 Å². The van der Waals surface area contributed by atoms with Crippen LogP contribution in [-0.2, 0) is 16.0 Å². The van der Waals surface area contributed by atoms with Crippen molar-refractivity contribution in [3.05, 3.63) is 83.5 Å². The Morgan fingerprint density at radius 2 is 1.94 bits per heavy atom. The van der Waals surface area contributed by atoms with Crippen LogP contribution < -0.4 is 11.1 Å². The molecule has 31 heavy (non-hydrogen) atoms. The summed E-state index contributed by atoms with van der Waals surface area (Å²) < 4.78 is 5.00. The zero-order valence-electron chi connectivity index (χ0n) is 17.5. The molecule has 3 N–H and O–H groups in total. The van der Waals surface area contributed by atoms with E-state index in [4.69, 9.17) is 10.5 Å². The Bertz CT molecular complexity index is 1080. The van der Waals surface area contributed by atoms with Crippen molar-refractivity contribution in [2.75, 3.05) is 7.11 Å². The monoisotopic (exact) mass is 435 g/mol. The maximum atomic E-state index is 12.8. The van der Waals surface area contributed by atoms with Crippen molar-refractivity contribution in [3.8, 4) is 10.4 Å².